The van der Waals surface area contributed by atoms with Gasteiger partial charge in [-0.05, 0) is 122 Å². The van der Waals surface area contributed by atoms with Crippen LogP contribution in [0.25, 0.3) is 0 Å². The highest BCUT2D eigenvalue weighted by molar-refractivity contribution is 7.47. The number of allylic oxidation sites excluding steroid dienone is 19. The summed E-state index contributed by atoms with van der Waals surface area (Å²) in [7, 11) is 1.46. The molecule has 0 radical (unpaired) electrons. The molecule has 0 saturated carbocycles. The summed E-state index contributed by atoms with van der Waals surface area (Å²) in [5.41, 5.74) is 0. The average molecular weight is 1230 g/mol. The third-order valence-corrected chi connectivity index (χ3v) is 16.4. The summed E-state index contributed by atoms with van der Waals surface area (Å²) in [6.07, 6.45) is 92.1. The molecule has 0 spiro atoms. The van der Waals surface area contributed by atoms with Crippen molar-refractivity contribution in [3.8, 4) is 0 Å². The molecule has 2 N–H and O–H groups in total. The van der Waals surface area contributed by atoms with E-state index in [2.05, 4.69) is 135 Å². The van der Waals surface area contributed by atoms with Crippen LogP contribution in [0.15, 0.2) is 122 Å². The number of amides is 1. The number of hydrogen-bond donors (Lipinski definition) is 2. The molecule has 0 aliphatic heterocycles. The van der Waals surface area contributed by atoms with E-state index in [1.54, 1.807) is 0 Å². The first-order valence-electron chi connectivity index (χ1n) is 35.9. The van der Waals surface area contributed by atoms with Crippen molar-refractivity contribution in [3.63, 3.8) is 0 Å². The van der Waals surface area contributed by atoms with E-state index in [0.29, 0.717) is 23.9 Å². The Morgan fingerprint density at radius 2 is 0.736 bits per heavy atom. The van der Waals surface area contributed by atoms with Crippen molar-refractivity contribution < 1.29 is 37.3 Å². The number of carbonyl (C=O) groups excluding carboxylic acids is 2. The number of phosphoric ester groups is 1. The van der Waals surface area contributed by atoms with Crippen molar-refractivity contribution in [1.82, 2.24) is 5.32 Å². The second kappa shape index (κ2) is 65.4. The number of hydrogen-bond acceptors (Lipinski definition) is 6. The predicted molar refractivity (Wildman–Crippen MR) is 378 cm³/mol. The molecule has 500 valence electrons. The fourth-order valence-corrected chi connectivity index (χ4v) is 10.6. The molecule has 3 unspecified atom stereocenters. The number of carbonyl (C=O) groups is 2. The summed E-state index contributed by atoms with van der Waals surface area (Å²) in [6, 6.07) is -0.876. The van der Waals surface area contributed by atoms with Crippen molar-refractivity contribution in [2.45, 2.75) is 315 Å². The van der Waals surface area contributed by atoms with E-state index < -0.39 is 20.0 Å². The molecule has 0 aliphatic carbocycles. The van der Waals surface area contributed by atoms with Gasteiger partial charge < -0.3 is 19.4 Å². The van der Waals surface area contributed by atoms with Crippen molar-refractivity contribution >= 4 is 19.7 Å². The van der Waals surface area contributed by atoms with Crippen molar-refractivity contribution in [2.75, 3.05) is 40.9 Å². The fraction of sp³-hybridized carbons (Fsp3) is 0.714. The predicted octanol–water partition coefficient (Wildman–Crippen LogP) is 23.0. The minimum absolute atomic E-state index is 0.0277. The van der Waals surface area contributed by atoms with E-state index in [1.165, 1.54) is 161 Å². The molecule has 3 atom stereocenters. The number of nitrogens with one attached hydrogen (secondary N) is 1. The van der Waals surface area contributed by atoms with E-state index >= 15 is 0 Å². The molecule has 10 heteroatoms. The van der Waals surface area contributed by atoms with Crippen LogP contribution in [0.1, 0.15) is 303 Å². The summed E-state index contributed by atoms with van der Waals surface area (Å²) in [5.74, 6) is -0.556. The van der Waals surface area contributed by atoms with E-state index in [0.717, 1.165) is 103 Å². The van der Waals surface area contributed by atoms with Gasteiger partial charge in [-0.1, -0.05) is 290 Å². The van der Waals surface area contributed by atoms with Gasteiger partial charge in [0.1, 0.15) is 19.3 Å². The summed E-state index contributed by atoms with van der Waals surface area (Å²) in [5, 5.41) is 3.06. The Labute approximate surface area is 537 Å². The topological polar surface area (TPSA) is 111 Å². The van der Waals surface area contributed by atoms with Crippen LogP contribution in [0.2, 0.25) is 0 Å². The first kappa shape index (κ1) is 83.4. The number of unbranched alkanes of at least 4 members (excludes halogenated alkanes) is 30. The molecule has 9 nitrogen and oxygen atoms in total. The number of phosphoric acid groups is 1. The number of esters is 1. The molecule has 0 fully saturated rings. The van der Waals surface area contributed by atoms with Crippen LogP contribution in [0.3, 0.4) is 0 Å². The maximum atomic E-state index is 13.6. The highest BCUT2D eigenvalue weighted by Gasteiger charge is 2.30. The molecule has 0 aliphatic rings. The van der Waals surface area contributed by atoms with Crippen LogP contribution in [-0.2, 0) is 27.9 Å². The zero-order valence-electron chi connectivity index (χ0n) is 57.2. The highest BCUT2D eigenvalue weighted by Crippen LogP contribution is 2.43. The number of quaternary nitrogens is 1. The van der Waals surface area contributed by atoms with Gasteiger partial charge in [0, 0.05) is 12.8 Å². The molecule has 0 saturated heterocycles. The lowest BCUT2D eigenvalue weighted by Crippen LogP contribution is -2.47. The maximum Gasteiger partial charge on any atom is 0.472 e. The summed E-state index contributed by atoms with van der Waals surface area (Å²) >= 11 is 0. The van der Waals surface area contributed by atoms with Gasteiger partial charge in [0.15, 0.2) is 0 Å². The number of ether oxygens (including phenoxy) is 1. The van der Waals surface area contributed by atoms with Gasteiger partial charge in [-0.3, -0.25) is 18.6 Å². The Bertz CT molecular complexity index is 1900. The minimum atomic E-state index is -4.47. The average Bonchev–Trinajstić information content (AvgIpc) is 3.70. The van der Waals surface area contributed by atoms with Gasteiger partial charge in [0.2, 0.25) is 5.91 Å². The van der Waals surface area contributed by atoms with Gasteiger partial charge in [-0.15, -0.1) is 0 Å². The van der Waals surface area contributed by atoms with Gasteiger partial charge >= 0.3 is 13.8 Å². The molecule has 87 heavy (non-hydrogen) atoms. The van der Waals surface area contributed by atoms with Crippen molar-refractivity contribution in [2.24, 2.45) is 0 Å². The first-order valence-corrected chi connectivity index (χ1v) is 37.4. The van der Waals surface area contributed by atoms with Gasteiger partial charge in [-0.25, -0.2) is 4.57 Å². The zero-order valence-corrected chi connectivity index (χ0v) is 58.1. The molecular formula is C77H136N2O7P+. The number of likely N-dealkylation sites (N-methyl/N-ethyl adjacent to an activating group) is 1. The third kappa shape index (κ3) is 66.7. The molecule has 0 rings (SSSR count). The van der Waals surface area contributed by atoms with E-state index in [9.17, 15) is 19.0 Å². The van der Waals surface area contributed by atoms with Crippen LogP contribution in [-0.4, -0.2) is 74.3 Å². The summed E-state index contributed by atoms with van der Waals surface area (Å²) in [6.45, 7) is 6.86. The molecule has 0 bridgehead atoms. The molecule has 0 aromatic heterocycles. The van der Waals surface area contributed by atoms with E-state index in [4.69, 9.17) is 13.8 Å². The van der Waals surface area contributed by atoms with Crippen LogP contribution < -0.4 is 5.32 Å². The van der Waals surface area contributed by atoms with Crippen molar-refractivity contribution in [3.05, 3.63) is 122 Å². The molecule has 1 amide bonds. The molecule has 0 heterocycles. The number of rotatable bonds is 64. The maximum absolute atomic E-state index is 13.6. The monoisotopic (exact) mass is 1230 g/mol. The quantitative estimate of drug-likeness (QED) is 0.0205. The van der Waals surface area contributed by atoms with Crippen LogP contribution in [0, 0.1) is 0 Å². The van der Waals surface area contributed by atoms with Gasteiger partial charge in [0.25, 0.3) is 0 Å². The standard InChI is InChI=1S/C77H135N2O7P/c1-7-10-13-16-19-22-25-28-30-32-34-36-37-38-39-40-41-43-44-46-48-51-54-57-60-63-66-69-76(80)78-74(73-85-87(82,83)84-72-71-79(4,5)6)75(68-65-62-59-56-53-50-27-24-21-18-15-12-9-3)86-77(81)70-67-64-61-58-55-52-49-47-45-42-35-33-31-29-26-23-20-17-14-11-8-2/h11,14,19-20,22-23,28-31,34-36,42,47,49,55,58,65,68,74-75H,7-10,12-13,15-18,21,24-27,32-33,37-41,43-46,48,50-54,56-57,59-64,66-67,69-73H2,1-6H3,(H-,78,80,82,83)/p+1/b14-11-,22-19-,23-20-,30-28-,31-29-,36-34-,42-35-,49-47-,58-55-,68-65-. The zero-order chi connectivity index (χ0) is 63.5. The Kier molecular flexibility index (Phi) is 62.7. The third-order valence-electron chi connectivity index (χ3n) is 15.4. The van der Waals surface area contributed by atoms with E-state index in [-0.39, 0.29) is 31.5 Å². The Hall–Kier alpha value is -3.59. The Morgan fingerprint density at radius 1 is 0.414 bits per heavy atom. The van der Waals surface area contributed by atoms with Gasteiger partial charge in [-0.2, -0.15) is 0 Å². The lowest BCUT2D eigenvalue weighted by molar-refractivity contribution is -0.870. The second-order valence-corrected chi connectivity index (χ2v) is 26.5. The lowest BCUT2D eigenvalue weighted by Gasteiger charge is -2.27. The molecule has 0 aromatic carbocycles. The normalized spacial score (nSPS) is 14.2. The Balaban J connectivity index is 5.15. The first-order chi connectivity index (χ1) is 42.4. The van der Waals surface area contributed by atoms with Gasteiger partial charge in [0.05, 0.1) is 33.8 Å². The fourth-order valence-electron chi connectivity index (χ4n) is 9.89. The number of nitrogens with zero attached hydrogens (tertiary/aromatic N) is 1. The summed E-state index contributed by atoms with van der Waals surface area (Å²) in [4.78, 5) is 37.9. The SMILES string of the molecule is CC/C=C\C/C=C\C/C=C\C/C=C\C/C=C\C/C=C\CCCCC(=O)OC(/C=C\CCCCCCCCCCCCC)C(COP(=O)(O)OCC[N+](C)(C)C)NC(=O)CCCCCCCCCCCCCCCC/C=C\C/C=C\C/C=C\CCCCC. The van der Waals surface area contributed by atoms with Crippen LogP contribution >= 0.6 is 7.82 Å². The molecule has 0 aromatic rings. The highest BCUT2D eigenvalue weighted by atomic mass is 31.2. The lowest BCUT2D eigenvalue weighted by atomic mass is 10.0. The largest absolute Gasteiger partial charge is 0.472 e. The Morgan fingerprint density at radius 3 is 1.14 bits per heavy atom. The van der Waals surface area contributed by atoms with E-state index in [1.807, 2.05) is 33.3 Å². The van der Waals surface area contributed by atoms with Crippen LogP contribution in [0.5, 0.6) is 0 Å². The smallest absolute Gasteiger partial charge is 0.456 e. The molecular weight excluding hydrogens is 1100 g/mol. The summed E-state index contributed by atoms with van der Waals surface area (Å²) < 4.78 is 30.8. The van der Waals surface area contributed by atoms with Crippen LogP contribution in [0.4, 0.5) is 0 Å². The minimum Gasteiger partial charge on any atom is -0.456 e. The van der Waals surface area contributed by atoms with Crippen molar-refractivity contribution in [1.29, 1.82) is 0 Å². The second-order valence-electron chi connectivity index (χ2n) is 25.0.